The van der Waals surface area contributed by atoms with Gasteiger partial charge in [0, 0.05) is 19.7 Å². The van der Waals surface area contributed by atoms with Crippen molar-refractivity contribution in [3.63, 3.8) is 0 Å². The second-order valence-corrected chi connectivity index (χ2v) is 7.36. The molecule has 0 unspecified atom stereocenters. The molecule has 0 saturated carbocycles. The highest BCUT2D eigenvalue weighted by Gasteiger charge is 2.92. The van der Waals surface area contributed by atoms with Gasteiger partial charge < -0.3 is 5.11 Å². The Morgan fingerprint density at radius 2 is 1.13 bits per heavy atom. The highest BCUT2D eigenvalue weighted by molar-refractivity contribution is 7.90. The first-order valence-electron chi connectivity index (χ1n) is 7.02. The van der Waals surface area contributed by atoms with E-state index < -0.39 is 62.0 Å². The molecule has 0 spiro atoms. The number of carbonyl (C=O) groups is 1. The summed E-state index contributed by atoms with van der Waals surface area (Å²) in [6, 6.07) is 0. The lowest BCUT2D eigenvalue weighted by Gasteiger charge is -2.39. The van der Waals surface area contributed by atoms with E-state index in [-0.39, 0.29) is 7.05 Å². The predicted octanol–water partition coefficient (Wildman–Crippen LogP) is 4.22. The van der Waals surface area contributed by atoms with Crippen LogP contribution in [0.5, 0.6) is 0 Å². The van der Waals surface area contributed by atoms with Crippen molar-refractivity contribution < 1.29 is 75.4 Å². The van der Waals surface area contributed by atoms with Gasteiger partial charge in [0.05, 0.1) is 0 Å². The third kappa shape index (κ3) is 5.01. The molecule has 0 bridgehead atoms. The molecule has 0 heterocycles. The number of hydrogen-bond donors (Lipinski definition) is 1. The summed E-state index contributed by atoms with van der Waals surface area (Å²) >= 11 is 0. The van der Waals surface area contributed by atoms with E-state index in [4.69, 9.17) is 5.11 Å². The molecule has 0 aliphatic carbocycles. The number of nitrogens with zero attached hydrogens (tertiary/aromatic N) is 1. The highest BCUT2D eigenvalue weighted by atomic mass is 32.2. The number of rotatable bonds is 8. The van der Waals surface area contributed by atoms with E-state index in [0.717, 1.165) is 6.08 Å². The van der Waals surface area contributed by atoms with Crippen LogP contribution < -0.4 is 0 Å². The summed E-state index contributed by atoms with van der Waals surface area (Å²) in [7, 11) is -6.75. The standard InChI is InChI=1S/C9H8F13NO2S.C3H4O2/c1-3-23(2)26(24,25)9(21,22)7(16,17)5(12,13)4(10,11)6(14,15)8(18,19)20;1-2-3(4)5/h3H2,1-2H3;2H,1H2,(H,4,5). The number of sulfonamides is 1. The zero-order chi connectivity index (χ0) is 26.1. The van der Waals surface area contributed by atoms with Gasteiger partial charge in [-0.05, 0) is 0 Å². The number of hydrogen-bond acceptors (Lipinski definition) is 3. The molecule has 31 heavy (non-hydrogen) atoms. The summed E-state index contributed by atoms with van der Waals surface area (Å²) in [4.78, 5) is 9.25. The van der Waals surface area contributed by atoms with E-state index in [9.17, 15) is 70.3 Å². The van der Waals surface area contributed by atoms with Crippen molar-refractivity contribution in [2.45, 2.75) is 42.0 Å². The van der Waals surface area contributed by atoms with E-state index in [1.165, 1.54) is 0 Å². The van der Waals surface area contributed by atoms with Gasteiger partial charge in [0.2, 0.25) is 0 Å². The Labute approximate surface area is 165 Å². The summed E-state index contributed by atoms with van der Waals surface area (Å²) in [6.45, 7) is 2.58. The first-order valence-corrected chi connectivity index (χ1v) is 8.46. The van der Waals surface area contributed by atoms with Crippen LogP contribution in [0.15, 0.2) is 12.7 Å². The van der Waals surface area contributed by atoms with E-state index in [0.29, 0.717) is 6.92 Å². The van der Waals surface area contributed by atoms with E-state index in [1.807, 2.05) is 0 Å². The minimum atomic E-state index is -8.13. The lowest BCUT2D eigenvalue weighted by atomic mass is 9.98. The second-order valence-electron chi connectivity index (χ2n) is 5.27. The fourth-order valence-corrected chi connectivity index (χ4v) is 2.47. The van der Waals surface area contributed by atoms with Crippen molar-refractivity contribution in [3.8, 4) is 0 Å². The number of aliphatic carboxylic acids is 1. The molecule has 0 radical (unpaired) electrons. The Kier molecular flexibility index (Phi) is 9.10. The second kappa shape index (κ2) is 8.99. The lowest BCUT2D eigenvalue weighted by Crippen LogP contribution is -2.71. The average Bonchev–Trinajstić information content (AvgIpc) is 2.59. The van der Waals surface area contributed by atoms with Crippen LogP contribution in [0.1, 0.15) is 6.92 Å². The Morgan fingerprint density at radius 1 is 0.839 bits per heavy atom. The van der Waals surface area contributed by atoms with E-state index >= 15 is 0 Å². The largest absolute Gasteiger partial charge is 0.478 e. The fraction of sp³-hybridized carbons (Fsp3) is 0.750. The van der Waals surface area contributed by atoms with Crippen molar-refractivity contribution in [1.82, 2.24) is 4.31 Å². The number of carboxylic acids is 1. The van der Waals surface area contributed by atoms with Crippen LogP contribution in [0, 0.1) is 0 Å². The topological polar surface area (TPSA) is 74.7 Å². The third-order valence-corrected chi connectivity index (χ3v) is 5.24. The van der Waals surface area contributed by atoms with Crippen molar-refractivity contribution in [1.29, 1.82) is 0 Å². The van der Waals surface area contributed by atoms with Gasteiger partial charge in [0.15, 0.2) is 0 Å². The van der Waals surface area contributed by atoms with Crippen LogP contribution in [0.25, 0.3) is 0 Å². The summed E-state index contributed by atoms with van der Waals surface area (Å²) in [5.74, 6) is -33.0. The number of carboxylic acid groups (broad SMARTS) is 1. The summed E-state index contributed by atoms with van der Waals surface area (Å²) < 4.78 is 188. The zero-order valence-electron chi connectivity index (χ0n) is 14.9. The van der Waals surface area contributed by atoms with E-state index in [2.05, 4.69) is 6.58 Å². The summed E-state index contributed by atoms with van der Waals surface area (Å²) in [6.07, 6.45) is -6.72. The Bertz CT molecular complexity index is 761. The van der Waals surface area contributed by atoms with Gasteiger partial charge >= 0.3 is 41.1 Å². The van der Waals surface area contributed by atoms with Crippen LogP contribution in [0.3, 0.4) is 0 Å². The Balaban J connectivity index is 0. The van der Waals surface area contributed by atoms with Gasteiger partial charge in [-0.2, -0.15) is 61.4 Å². The molecular formula is C12H12F13NO4S. The molecule has 0 aromatic carbocycles. The maximum Gasteiger partial charge on any atom is 0.460 e. The number of alkyl halides is 13. The molecule has 0 saturated heterocycles. The third-order valence-electron chi connectivity index (χ3n) is 3.26. The molecule has 0 aromatic heterocycles. The summed E-state index contributed by atoms with van der Waals surface area (Å²) in [5, 5.41) is 0.437. The van der Waals surface area contributed by atoms with Crippen molar-refractivity contribution in [3.05, 3.63) is 12.7 Å². The molecule has 0 fully saturated rings. The lowest BCUT2D eigenvalue weighted by molar-refractivity contribution is -0.433. The van der Waals surface area contributed by atoms with Crippen molar-refractivity contribution in [2.75, 3.05) is 13.6 Å². The van der Waals surface area contributed by atoms with Crippen LogP contribution in [0.2, 0.25) is 0 Å². The smallest absolute Gasteiger partial charge is 0.460 e. The zero-order valence-corrected chi connectivity index (χ0v) is 15.7. The molecule has 0 aromatic rings. The molecule has 1 N–H and O–H groups in total. The predicted molar refractivity (Wildman–Crippen MR) is 75.8 cm³/mol. The maximum atomic E-state index is 13.4. The Morgan fingerprint density at radius 3 is 1.35 bits per heavy atom. The van der Waals surface area contributed by atoms with Crippen molar-refractivity contribution >= 4 is 16.0 Å². The molecular weight excluding hydrogens is 501 g/mol. The van der Waals surface area contributed by atoms with Crippen LogP contribution >= 0.6 is 0 Å². The van der Waals surface area contributed by atoms with Gasteiger partial charge in [-0.3, -0.25) is 0 Å². The van der Waals surface area contributed by atoms with Gasteiger partial charge in [0.25, 0.3) is 10.0 Å². The normalized spacial score (nSPS) is 14.7. The molecule has 0 aliphatic heterocycles. The molecule has 0 amide bonds. The van der Waals surface area contributed by atoms with Gasteiger partial charge in [-0.15, -0.1) is 0 Å². The van der Waals surface area contributed by atoms with Crippen LogP contribution in [-0.4, -0.2) is 72.5 Å². The molecule has 186 valence electrons. The molecule has 0 aliphatic rings. The SMILES string of the molecule is C=CC(=O)O.CCN(C)S(=O)(=O)C(F)(F)C(F)(F)C(F)(F)C(F)(F)C(F)(F)C(F)(F)F. The molecule has 0 atom stereocenters. The summed E-state index contributed by atoms with van der Waals surface area (Å²) in [5.41, 5.74) is 0. The first-order chi connectivity index (χ1) is 13.3. The van der Waals surface area contributed by atoms with Gasteiger partial charge in [0.1, 0.15) is 0 Å². The monoisotopic (exact) mass is 513 g/mol. The molecule has 19 heteroatoms. The quantitative estimate of drug-likeness (QED) is 0.390. The average molecular weight is 513 g/mol. The first kappa shape index (κ1) is 31.4. The molecule has 0 rings (SSSR count). The van der Waals surface area contributed by atoms with Crippen molar-refractivity contribution in [2.24, 2.45) is 0 Å². The van der Waals surface area contributed by atoms with Crippen LogP contribution in [0.4, 0.5) is 57.1 Å². The minimum absolute atomic E-state index is 0.111. The van der Waals surface area contributed by atoms with Gasteiger partial charge in [-0.25, -0.2) is 13.2 Å². The molecule has 5 nitrogen and oxygen atoms in total. The maximum absolute atomic E-state index is 13.4. The van der Waals surface area contributed by atoms with E-state index in [1.54, 1.807) is 0 Å². The van der Waals surface area contributed by atoms with Crippen LogP contribution in [-0.2, 0) is 14.8 Å². The Hall–Kier alpha value is -1.79. The fourth-order valence-electron chi connectivity index (χ4n) is 1.28. The minimum Gasteiger partial charge on any atom is -0.478 e. The highest BCUT2D eigenvalue weighted by Crippen LogP contribution is 2.61. The number of halogens is 13. The van der Waals surface area contributed by atoms with Gasteiger partial charge in [-0.1, -0.05) is 13.5 Å².